The number of hydrogen-bond acceptors (Lipinski definition) is 2. The first-order valence-corrected chi connectivity index (χ1v) is 7.84. The van der Waals surface area contributed by atoms with E-state index in [2.05, 4.69) is 5.32 Å². The summed E-state index contributed by atoms with van der Waals surface area (Å²) in [6.07, 6.45) is 3.62. The third-order valence-corrected chi connectivity index (χ3v) is 4.02. The Morgan fingerprint density at radius 3 is 2.45 bits per heavy atom. The van der Waals surface area contributed by atoms with Gasteiger partial charge in [0.05, 0.1) is 10.0 Å². The topological polar surface area (TPSA) is 36.1 Å². The Morgan fingerprint density at radius 2 is 1.86 bits per heavy atom. The summed E-state index contributed by atoms with van der Waals surface area (Å²) in [4.78, 5) is 0.447. The lowest BCUT2D eigenvalue weighted by atomic mass is 10.1. The standard InChI is InChI=1S/C16H14Cl2N2OS/c1-2-19-16(22)14(20-8-4-3-5-9-20)15(21)11-6-7-12(17)13(18)10-11/h3-10H,2H2,1H3,(H-,19,21,22)/p+1. The second-order valence-corrected chi connectivity index (χ2v) is 5.69. The van der Waals surface area contributed by atoms with Crippen LogP contribution in [0.2, 0.25) is 10.0 Å². The Morgan fingerprint density at radius 1 is 1.18 bits per heavy atom. The van der Waals surface area contributed by atoms with Gasteiger partial charge >= 0.3 is 0 Å². The van der Waals surface area contributed by atoms with Gasteiger partial charge in [0.15, 0.2) is 23.1 Å². The lowest BCUT2D eigenvalue weighted by molar-refractivity contribution is -0.576. The summed E-state index contributed by atoms with van der Waals surface area (Å²) in [6, 6.07) is 10.5. The highest BCUT2D eigenvalue weighted by atomic mass is 35.5. The Hall–Kier alpha value is -1.62. The molecule has 2 aromatic rings. The number of rotatable bonds is 4. The van der Waals surface area contributed by atoms with Crippen molar-refractivity contribution in [3.8, 4) is 0 Å². The number of pyridine rings is 1. The summed E-state index contributed by atoms with van der Waals surface area (Å²) in [6.45, 7) is 2.60. The van der Waals surface area contributed by atoms with Gasteiger partial charge in [0.2, 0.25) is 0 Å². The minimum atomic E-state index is 0.0284. The lowest BCUT2D eigenvalue weighted by Crippen LogP contribution is -2.40. The molecule has 0 aliphatic rings. The molecule has 0 atom stereocenters. The van der Waals surface area contributed by atoms with E-state index < -0.39 is 0 Å². The van der Waals surface area contributed by atoms with E-state index in [-0.39, 0.29) is 5.76 Å². The predicted octanol–water partition coefficient (Wildman–Crippen LogP) is 4.10. The molecule has 3 nitrogen and oxygen atoms in total. The number of benzene rings is 1. The minimum Gasteiger partial charge on any atom is -0.502 e. The molecule has 0 radical (unpaired) electrons. The largest absolute Gasteiger partial charge is 0.502 e. The van der Waals surface area contributed by atoms with Gasteiger partial charge in [-0.2, -0.15) is 4.57 Å². The molecule has 0 amide bonds. The third kappa shape index (κ3) is 3.77. The van der Waals surface area contributed by atoms with Crippen molar-refractivity contribution in [3.63, 3.8) is 0 Å². The van der Waals surface area contributed by atoms with Crippen molar-refractivity contribution < 1.29 is 9.67 Å². The van der Waals surface area contributed by atoms with Crippen LogP contribution in [-0.4, -0.2) is 16.6 Å². The summed E-state index contributed by atoms with van der Waals surface area (Å²) in [5.41, 5.74) is 1.02. The van der Waals surface area contributed by atoms with E-state index >= 15 is 0 Å². The maximum atomic E-state index is 10.7. The zero-order valence-corrected chi connectivity index (χ0v) is 14.2. The van der Waals surface area contributed by atoms with Gasteiger partial charge < -0.3 is 10.4 Å². The van der Waals surface area contributed by atoms with E-state index in [1.165, 1.54) is 0 Å². The highest BCUT2D eigenvalue weighted by Crippen LogP contribution is 2.26. The fourth-order valence-electron chi connectivity index (χ4n) is 1.92. The molecule has 0 saturated carbocycles. The molecule has 1 aromatic heterocycles. The van der Waals surface area contributed by atoms with Crippen molar-refractivity contribution in [1.29, 1.82) is 0 Å². The van der Waals surface area contributed by atoms with Crippen molar-refractivity contribution in [1.82, 2.24) is 5.32 Å². The summed E-state index contributed by atoms with van der Waals surface area (Å²) in [5.74, 6) is 0.0284. The molecule has 0 spiro atoms. The molecule has 2 rings (SSSR count). The second kappa shape index (κ2) is 7.58. The van der Waals surface area contributed by atoms with E-state index in [0.29, 0.717) is 32.8 Å². The highest BCUT2D eigenvalue weighted by Gasteiger charge is 2.23. The van der Waals surface area contributed by atoms with Crippen LogP contribution in [0.15, 0.2) is 48.8 Å². The van der Waals surface area contributed by atoms with Crippen LogP contribution in [0.1, 0.15) is 12.5 Å². The van der Waals surface area contributed by atoms with Crippen LogP contribution in [0.3, 0.4) is 0 Å². The van der Waals surface area contributed by atoms with Crippen LogP contribution in [-0.2, 0) is 0 Å². The monoisotopic (exact) mass is 353 g/mol. The molecule has 0 aliphatic heterocycles. The number of nitrogens with one attached hydrogen (secondary N) is 1. The van der Waals surface area contributed by atoms with Gasteiger partial charge in [-0.05, 0) is 25.1 Å². The van der Waals surface area contributed by atoms with E-state index in [1.54, 1.807) is 22.8 Å². The smallest absolute Gasteiger partial charge is 0.287 e. The number of nitrogens with zero attached hydrogens (tertiary/aromatic N) is 1. The molecule has 114 valence electrons. The van der Waals surface area contributed by atoms with Crippen molar-refractivity contribution >= 4 is 51.9 Å². The quantitative estimate of drug-likeness (QED) is 0.376. The molecule has 0 fully saturated rings. The number of aromatic nitrogens is 1. The molecule has 0 aliphatic carbocycles. The summed E-state index contributed by atoms with van der Waals surface area (Å²) >= 11 is 17.3. The summed E-state index contributed by atoms with van der Waals surface area (Å²) in [5, 5.41) is 14.5. The number of thiocarbonyl (C=S) groups is 1. The van der Waals surface area contributed by atoms with Crippen molar-refractivity contribution in [3.05, 3.63) is 64.4 Å². The molecular formula is C16H15Cl2N2OS+. The molecule has 2 N–H and O–H groups in total. The molecule has 1 heterocycles. The fraction of sp³-hybridized carbons (Fsp3) is 0.125. The van der Waals surface area contributed by atoms with Crippen molar-refractivity contribution in [2.45, 2.75) is 6.92 Å². The van der Waals surface area contributed by atoms with Gasteiger partial charge in [0.25, 0.3) is 5.70 Å². The Balaban J connectivity index is 2.59. The van der Waals surface area contributed by atoms with E-state index in [9.17, 15) is 5.11 Å². The van der Waals surface area contributed by atoms with E-state index in [4.69, 9.17) is 35.4 Å². The Bertz CT molecular complexity index is 717. The molecule has 6 heteroatoms. The first-order valence-electron chi connectivity index (χ1n) is 6.68. The molecule has 22 heavy (non-hydrogen) atoms. The van der Waals surface area contributed by atoms with Gasteiger partial charge in [-0.3, -0.25) is 0 Å². The summed E-state index contributed by atoms with van der Waals surface area (Å²) < 4.78 is 1.75. The van der Waals surface area contributed by atoms with E-state index in [1.807, 2.05) is 37.5 Å². The van der Waals surface area contributed by atoms with Crippen LogP contribution in [0.25, 0.3) is 11.5 Å². The molecular weight excluding hydrogens is 339 g/mol. The van der Waals surface area contributed by atoms with Crippen LogP contribution in [0, 0.1) is 0 Å². The van der Waals surface area contributed by atoms with Crippen molar-refractivity contribution in [2.75, 3.05) is 6.54 Å². The maximum Gasteiger partial charge on any atom is 0.287 e. The fourth-order valence-corrected chi connectivity index (χ4v) is 2.56. The van der Waals surface area contributed by atoms with Crippen LogP contribution >= 0.6 is 35.4 Å². The zero-order chi connectivity index (χ0) is 16.1. The van der Waals surface area contributed by atoms with Crippen molar-refractivity contribution in [2.24, 2.45) is 0 Å². The third-order valence-electron chi connectivity index (χ3n) is 2.94. The first kappa shape index (κ1) is 16.7. The number of halogens is 2. The first-order chi connectivity index (χ1) is 10.5. The van der Waals surface area contributed by atoms with Gasteiger partial charge in [-0.15, -0.1) is 0 Å². The van der Waals surface area contributed by atoms with Gasteiger partial charge in [0, 0.05) is 24.2 Å². The van der Waals surface area contributed by atoms with E-state index in [0.717, 1.165) is 0 Å². The Kier molecular flexibility index (Phi) is 5.77. The zero-order valence-electron chi connectivity index (χ0n) is 11.9. The Labute approximate surface area is 144 Å². The summed E-state index contributed by atoms with van der Waals surface area (Å²) in [7, 11) is 0. The maximum absolute atomic E-state index is 10.7. The molecule has 0 saturated heterocycles. The molecule has 0 bridgehead atoms. The number of likely N-dealkylation sites (N-methyl/N-ethyl adjacent to an activating group) is 1. The van der Waals surface area contributed by atoms with Crippen LogP contribution in [0.5, 0.6) is 0 Å². The highest BCUT2D eigenvalue weighted by molar-refractivity contribution is 7.81. The predicted molar refractivity (Wildman–Crippen MR) is 95.1 cm³/mol. The van der Waals surface area contributed by atoms with Gasteiger partial charge in [-0.25, -0.2) is 0 Å². The number of hydrogen-bond donors (Lipinski definition) is 2. The van der Waals surface area contributed by atoms with Gasteiger partial charge in [0.1, 0.15) is 0 Å². The van der Waals surface area contributed by atoms with Gasteiger partial charge in [-0.1, -0.05) is 41.5 Å². The number of aliphatic hydroxyl groups excluding tert-OH is 1. The SMILES string of the molecule is CCNC(=S)/C(=C(\O)c1ccc(Cl)c(Cl)c1)[n+]1ccccc1. The second-order valence-electron chi connectivity index (χ2n) is 4.47. The lowest BCUT2D eigenvalue weighted by Gasteiger charge is -2.09. The minimum absolute atomic E-state index is 0.0284. The normalized spacial score (nSPS) is 11.8. The molecule has 1 aromatic carbocycles. The molecule has 0 unspecified atom stereocenters. The number of aliphatic hydroxyl groups is 1. The van der Waals surface area contributed by atoms with Crippen LogP contribution in [0.4, 0.5) is 0 Å². The average molecular weight is 354 g/mol. The van der Waals surface area contributed by atoms with Crippen LogP contribution < -0.4 is 9.88 Å². The average Bonchev–Trinajstić information content (AvgIpc) is 2.51.